The molecular weight excluding hydrogens is 420 g/mol. The van der Waals surface area contributed by atoms with E-state index in [4.69, 9.17) is 9.47 Å². The first-order valence-corrected chi connectivity index (χ1v) is 10.4. The minimum absolute atomic E-state index is 0.0544. The summed E-state index contributed by atoms with van der Waals surface area (Å²) in [4.78, 5) is 41.9. The Kier molecular flexibility index (Phi) is 7.27. The Hall–Kier alpha value is -3.94. The van der Waals surface area contributed by atoms with Crippen LogP contribution in [0, 0.1) is 41.5 Å². The molecule has 0 spiro atoms. The third kappa shape index (κ3) is 6.06. The van der Waals surface area contributed by atoms with Gasteiger partial charge in [-0.3, -0.25) is 15.0 Å². The van der Waals surface area contributed by atoms with Crippen LogP contribution in [-0.2, 0) is 16.1 Å². The van der Waals surface area contributed by atoms with Gasteiger partial charge in [0.15, 0.2) is 5.69 Å². The van der Waals surface area contributed by atoms with Crippen molar-refractivity contribution in [3.05, 3.63) is 81.5 Å². The van der Waals surface area contributed by atoms with Crippen LogP contribution in [0.2, 0.25) is 0 Å². The van der Waals surface area contributed by atoms with E-state index in [-0.39, 0.29) is 12.3 Å². The van der Waals surface area contributed by atoms with Crippen LogP contribution >= 0.6 is 0 Å². The van der Waals surface area contributed by atoms with E-state index in [1.54, 1.807) is 44.2 Å². The average Bonchev–Trinajstić information content (AvgIpc) is 2.77. The Morgan fingerprint density at radius 3 is 2.00 bits per heavy atom. The molecule has 8 nitrogen and oxygen atoms in total. The lowest BCUT2D eigenvalue weighted by molar-refractivity contribution is -0.139. The third-order valence-electron chi connectivity index (χ3n) is 5.11. The fraction of sp³-hybridized carbons (Fsp3) is 0.280. The number of aryl methyl sites for hydroxylation is 6. The van der Waals surface area contributed by atoms with Crippen molar-refractivity contribution in [3.63, 3.8) is 0 Å². The molecule has 0 fully saturated rings. The molecule has 0 amide bonds. The van der Waals surface area contributed by atoms with Gasteiger partial charge < -0.3 is 9.47 Å². The summed E-state index contributed by atoms with van der Waals surface area (Å²) in [7, 11) is 0. The fourth-order valence-corrected chi connectivity index (χ4v) is 2.96. The van der Waals surface area contributed by atoms with E-state index < -0.39 is 11.9 Å². The Bertz CT molecular complexity index is 1230. The number of hydrogen-bond donors (Lipinski definition) is 0. The smallest absolute Gasteiger partial charge is 0.364 e. The molecule has 8 heteroatoms. The van der Waals surface area contributed by atoms with Crippen LogP contribution in [0.15, 0.2) is 30.3 Å². The number of rotatable bonds is 6. The SMILES string of the molecule is Cc1nc(C)c(COC(=O)/C=C/c2ccc(OC(=O)c3nc(C)c(C)nc3C)cc2)nc1C. The van der Waals surface area contributed by atoms with Crippen LogP contribution in [0.4, 0.5) is 0 Å². The first-order chi connectivity index (χ1) is 15.6. The first kappa shape index (κ1) is 23.7. The van der Waals surface area contributed by atoms with Crippen LogP contribution in [0.25, 0.3) is 6.08 Å². The number of carbonyl (C=O) groups is 2. The lowest BCUT2D eigenvalue weighted by Crippen LogP contribution is -2.15. The first-order valence-electron chi connectivity index (χ1n) is 10.4. The Labute approximate surface area is 192 Å². The Morgan fingerprint density at radius 2 is 1.33 bits per heavy atom. The quantitative estimate of drug-likeness (QED) is 0.317. The van der Waals surface area contributed by atoms with Crippen molar-refractivity contribution in [2.45, 2.75) is 48.1 Å². The van der Waals surface area contributed by atoms with E-state index in [0.29, 0.717) is 22.8 Å². The summed E-state index contributed by atoms with van der Waals surface area (Å²) in [6, 6.07) is 6.73. The standard InChI is InChI=1S/C25H26N4O4/c1-14-16(3)28-22(18(5)26-14)13-32-23(30)12-9-20-7-10-21(11-8-20)33-25(31)24-19(6)27-15(2)17(4)29-24/h7-12H,13H2,1-6H3/b12-9+. The molecule has 2 aromatic heterocycles. The molecule has 0 saturated carbocycles. The summed E-state index contributed by atoms with van der Waals surface area (Å²) in [5.74, 6) is -0.698. The Morgan fingerprint density at radius 1 is 0.758 bits per heavy atom. The summed E-state index contributed by atoms with van der Waals surface area (Å²) < 4.78 is 10.7. The van der Waals surface area contributed by atoms with Crippen LogP contribution in [0.5, 0.6) is 5.75 Å². The normalized spacial score (nSPS) is 11.0. The van der Waals surface area contributed by atoms with Gasteiger partial charge in [0.25, 0.3) is 0 Å². The van der Waals surface area contributed by atoms with Crippen molar-refractivity contribution < 1.29 is 19.1 Å². The summed E-state index contributed by atoms with van der Waals surface area (Å²) in [6.07, 6.45) is 2.95. The highest BCUT2D eigenvalue weighted by molar-refractivity contribution is 5.90. The predicted octanol–water partition coefficient (Wildman–Crippen LogP) is 4.09. The van der Waals surface area contributed by atoms with Crippen molar-refractivity contribution in [1.29, 1.82) is 0 Å². The molecule has 3 rings (SSSR count). The third-order valence-corrected chi connectivity index (χ3v) is 5.11. The number of hydrogen-bond acceptors (Lipinski definition) is 8. The molecule has 0 atom stereocenters. The number of ether oxygens (including phenoxy) is 2. The molecule has 0 unspecified atom stereocenters. The molecule has 33 heavy (non-hydrogen) atoms. The average molecular weight is 447 g/mol. The minimum atomic E-state index is -0.570. The molecule has 170 valence electrons. The maximum absolute atomic E-state index is 12.4. The van der Waals surface area contributed by atoms with Gasteiger partial charge in [0, 0.05) is 6.08 Å². The summed E-state index contributed by atoms with van der Waals surface area (Å²) >= 11 is 0. The molecule has 0 bridgehead atoms. The summed E-state index contributed by atoms with van der Waals surface area (Å²) in [5, 5.41) is 0. The van der Waals surface area contributed by atoms with Gasteiger partial charge in [-0.15, -0.1) is 0 Å². The zero-order chi connectivity index (χ0) is 24.1. The maximum atomic E-state index is 12.4. The monoisotopic (exact) mass is 446 g/mol. The van der Waals surface area contributed by atoms with Crippen molar-refractivity contribution in [1.82, 2.24) is 19.9 Å². The van der Waals surface area contributed by atoms with Gasteiger partial charge in [-0.05, 0) is 65.3 Å². The molecule has 2 heterocycles. The van der Waals surface area contributed by atoms with Crippen molar-refractivity contribution in [3.8, 4) is 5.75 Å². The Balaban J connectivity index is 1.58. The van der Waals surface area contributed by atoms with Gasteiger partial charge in [-0.1, -0.05) is 12.1 Å². The molecular formula is C25H26N4O4. The summed E-state index contributed by atoms with van der Waals surface area (Å²) in [6.45, 7) is 11.0. The highest BCUT2D eigenvalue weighted by atomic mass is 16.5. The van der Waals surface area contributed by atoms with E-state index in [0.717, 1.165) is 28.3 Å². The van der Waals surface area contributed by atoms with Crippen LogP contribution < -0.4 is 4.74 Å². The van der Waals surface area contributed by atoms with Gasteiger partial charge in [-0.25, -0.2) is 14.6 Å². The number of benzene rings is 1. The van der Waals surface area contributed by atoms with Crippen LogP contribution in [0.3, 0.4) is 0 Å². The van der Waals surface area contributed by atoms with E-state index >= 15 is 0 Å². The van der Waals surface area contributed by atoms with Gasteiger partial charge >= 0.3 is 11.9 Å². The number of carbonyl (C=O) groups excluding carboxylic acids is 2. The molecule has 1 aromatic carbocycles. The highest BCUT2D eigenvalue weighted by Crippen LogP contribution is 2.16. The van der Waals surface area contributed by atoms with Crippen LogP contribution in [0.1, 0.15) is 55.9 Å². The molecule has 3 aromatic rings. The van der Waals surface area contributed by atoms with E-state index in [2.05, 4.69) is 19.9 Å². The number of esters is 2. The zero-order valence-electron chi connectivity index (χ0n) is 19.6. The molecule has 0 saturated heterocycles. The van der Waals surface area contributed by atoms with Gasteiger partial charge in [-0.2, -0.15) is 0 Å². The fourth-order valence-electron chi connectivity index (χ4n) is 2.96. The van der Waals surface area contributed by atoms with Crippen LogP contribution in [-0.4, -0.2) is 31.9 Å². The summed E-state index contributed by atoms with van der Waals surface area (Å²) in [5.41, 5.74) is 5.94. The topological polar surface area (TPSA) is 104 Å². The van der Waals surface area contributed by atoms with Gasteiger partial charge in [0.1, 0.15) is 12.4 Å². The second kappa shape index (κ2) is 10.1. The second-order valence-electron chi connectivity index (χ2n) is 7.65. The highest BCUT2D eigenvalue weighted by Gasteiger charge is 2.16. The lowest BCUT2D eigenvalue weighted by atomic mass is 10.2. The van der Waals surface area contributed by atoms with E-state index in [9.17, 15) is 9.59 Å². The molecule has 0 aliphatic carbocycles. The molecule has 0 aliphatic rings. The largest absolute Gasteiger partial charge is 0.456 e. The van der Waals surface area contributed by atoms with Crippen molar-refractivity contribution in [2.24, 2.45) is 0 Å². The second-order valence-corrected chi connectivity index (χ2v) is 7.65. The van der Waals surface area contributed by atoms with Gasteiger partial charge in [0.05, 0.1) is 39.9 Å². The maximum Gasteiger partial charge on any atom is 0.364 e. The number of aromatic nitrogens is 4. The molecule has 0 N–H and O–H groups in total. The van der Waals surface area contributed by atoms with E-state index in [1.165, 1.54) is 6.08 Å². The van der Waals surface area contributed by atoms with Crippen molar-refractivity contribution >= 4 is 18.0 Å². The molecule has 0 radical (unpaired) electrons. The van der Waals surface area contributed by atoms with E-state index in [1.807, 2.05) is 27.7 Å². The van der Waals surface area contributed by atoms with Gasteiger partial charge in [0.2, 0.25) is 0 Å². The number of nitrogens with zero attached hydrogens (tertiary/aromatic N) is 4. The predicted molar refractivity (Wildman–Crippen MR) is 123 cm³/mol. The minimum Gasteiger partial charge on any atom is -0.456 e. The lowest BCUT2D eigenvalue weighted by Gasteiger charge is -2.08. The zero-order valence-corrected chi connectivity index (χ0v) is 19.6. The molecule has 0 aliphatic heterocycles. The van der Waals surface area contributed by atoms with Crippen molar-refractivity contribution in [2.75, 3.05) is 0 Å².